The number of benzene rings is 4. The summed E-state index contributed by atoms with van der Waals surface area (Å²) in [6.07, 6.45) is 0. The summed E-state index contributed by atoms with van der Waals surface area (Å²) in [6, 6.07) is 20.2. The second kappa shape index (κ2) is 5.36. The number of aromatic hydroxyl groups is 1. The van der Waals surface area contributed by atoms with E-state index in [9.17, 15) is 9.50 Å². The minimum atomic E-state index is -0.359. The number of rotatable bonds is 1. The van der Waals surface area contributed by atoms with Crippen molar-refractivity contribution in [3.05, 3.63) is 77.0 Å². The molecule has 3 heteroatoms. The van der Waals surface area contributed by atoms with Crippen molar-refractivity contribution in [2.24, 2.45) is 0 Å². The zero-order valence-electron chi connectivity index (χ0n) is 12.1. The maximum atomic E-state index is 14.8. The van der Waals surface area contributed by atoms with Crippen LogP contribution in [-0.4, -0.2) is 5.11 Å². The molecule has 0 radical (unpaired) electrons. The molecule has 0 aromatic heterocycles. The van der Waals surface area contributed by atoms with Gasteiger partial charge in [0.15, 0.2) is 0 Å². The van der Waals surface area contributed by atoms with Crippen molar-refractivity contribution >= 4 is 37.5 Å². The first-order valence-corrected chi connectivity index (χ1v) is 8.04. The van der Waals surface area contributed by atoms with Crippen LogP contribution in [0.2, 0.25) is 0 Å². The zero-order valence-corrected chi connectivity index (χ0v) is 13.6. The second-order valence-corrected chi connectivity index (χ2v) is 6.30. The van der Waals surface area contributed by atoms with Crippen molar-refractivity contribution in [1.82, 2.24) is 0 Å². The lowest BCUT2D eigenvalue weighted by atomic mass is 9.92. The predicted octanol–water partition coefficient (Wildman–Crippen LogP) is 6.27. The molecule has 1 N–H and O–H groups in total. The van der Waals surface area contributed by atoms with E-state index in [1.807, 2.05) is 54.6 Å². The third-order valence-electron chi connectivity index (χ3n) is 4.10. The highest BCUT2D eigenvalue weighted by molar-refractivity contribution is 9.10. The largest absolute Gasteiger partial charge is 0.507 e. The lowest BCUT2D eigenvalue weighted by molar-refractivity contribution is 0.477. The van der Waals surface area contributed by atoms with Crippen molar-refractivity contribution in [2.75, 3.05) is 0 Å². The van der Waals surface area contributed by atoms with Crippen molar-refractivity contribution in [3.8, 4) is 16.9 Å². The van der Waals surface area contributed by atoms with Crippen LogP contribution in [0, 0.1) is 5.82 Å². The molecule has 4 aromatic rings. The molecule has 4 aromatic carbocycles. The Morgan fingerprint density at radius 3 is 2.17 bits per heavy atom. The molecule has 0 aliphatic heterocycles. The van der Waals surface area contributed by atoms with E-state index in [0.717, 1.165) is 21.5 Å². The maximum absolute atomic E-state index is 14.8. The molecule has 0 saturated heterocycles. The molecule has 0 bridgehead atoms. The van der Waals surface area contributed by atoms with Crippen LogP contribution in [0.3, 0.4) is 0 Å². The minimum Gasteiger partial charge on any atom is -0.507 e. The Morgan fingerprint density at radius 1 is 0.739 bits per heavy atom. The summed E-state index contributed by atoms with van der Waals surface area (Å²) in [5, 5.41) is 13.9. The normalized spacial score (nSPS) is 11.2. The molecule has 0 spiro atoms. The highest BCUT2D eigenvalue weighted by atomic mass is 79.9. The Hall–Kier alpha value is -2.39. The second-order valence-electron chi connectivity index (χ2n) is 5.44. The predicted molar refractivity (Wildman–Crippen MR) is 96.2 cm³/mol. The van der Waals surface area contributed by atoms with Crippen LogP contribution >= 0.6 is 15.9 Å². The summed E-state index contributed by atoms with van der Waals surface area (Å²) in [5.41, 5.74) is 0.961. The smallest absolute Gasteiger partial charge is 0.132 e. The van der Waals surface area contributed by atoms with Crippen LogP contribution in [0.4, 0.5) is 4.39 Å². The van der Waals surface area contributed by atoms with Gasteiger partial charge in [0.2, 0.25) is 0 Å². The third kappa shape index (κ3) is 2.20. The van der Waals surface area contributed by atoms with Gasteiger partial charge in [0, 0.05) is 15.6 Å². The molecule has 0 unspecified atom stereocenters. The van der Waals surface area contributed by atoms with Gasteiger partial charge in [-0.1, -0.05) is 70.5 Å². The monoisotopic (exact) mass is 366 g/mol. The molecule has 112 valence electrons. The summed E-state index contributed by atoms with van der Waals surface area (Å²) in [6.45, 7) is 0. The van der Waals surface area contributed by atoms with Crippen molar-refractivity contribution in [2.45, 2.75) is 0 Å². The summed E-state index contributed by atoms with van der Waals surface area (Å²) in [4.78, 5) is 0. The molecule has 23 heavy (non-hydrogen) atoms. The van der Waals surface area contributed by atoms with Gasteiger partial charge in [0.25, 0.3) is 0 Å². The van der Waals surface area contributed by atoms with Crippen molar-refractivity contribution in [3.63, 3.8) is 0 Å². The topological polar surface area (TPSA) is 20.2 Å². The molecule has 0 atom stereocenters. The van der Waals surface area contributed by atoms with Gasteiger partial charge in [-0.2, -0.15) is 0 Å². The minimum absolute atomic E-state index is 0.0788. The van der Waals surface area contributed by atoms with Gasteiger partial charge in [0.1, 0.15) is 11.6 Å². The summed E-state index contributed by atoms with van der Waals surface area (Å²) >= 11 is 3.42. The standard InChI is InChI=1S/C20H12BrFO/c21-16-11-17(22)19(15-8-4-3-7-14(15)16)20-13-6-2-1-5-12(13)9-10-18(20)23/h1-11,23H. The molecule has 1 nitrogen and oxygen atoms in total. The van der Waals surface area contributed by atoms with Gasteiger partial charge in [-0.05, 0) is 33.7 Å². The Labute approximate surface area is 141 Å². The number of halogens is 2. The van der Waals surface area contributed by atoms with E-state index in [0.29, 0.717) is 15.6 Å². The van der Waals surface area contributed by atoms with Crippen LogP contribution in [0.5, 0.6) is 5.75 Å². The molecule has 0 aliphatic carbocycles. The molecule has 0 aliphatic rings. The van der Waals surface area contributed by atoms with E-state index in [2.05, 4.69) is 15.9 Å². The van der Waals surface area contributed by atoms with Gasteiger partial charge >= 0.3 is 0 Å². The maximum Gasteiger partial charge on any atom is 0.132 e. The SMILES string of the molecule is Oc1ccc2ccccc2c1-c1c(F)cc(Br)c2ccccc12. The van der Waals surface area contributed by atoms with E-state index >= 15 is 0 Å². The molecular weight excluding hydrogens is 355 g/mol. The number of phenols is 1. The average Bonchev–Trinajstić information content (AvgIpc) is 2.57. The van der Waals surface area contributed by atoms with E-state index in [1.54, 1.807) is 6.07 Å². The van der Waals surface area contributed by atoms with E-state index < -0.39 is 0 Å². The molecule has 0 amide bonds. The molecule has 0 heterocycles. The van der Waals surface area contributed by atoms with Crippen LogP contribution in [0.1, 0.15) is 0 Å². The number of hydrogen-bond acceptors (Lipinski definition) is 1. The molecule has 0 fully saturated rings. The van der Waals surface area contributed by atoms with Crippen LogP contribution in [0.25, 0.3) is 32.7 Å². The first-order chi connectivity index (χ1) is 11.2. The van der Waals surface area contributed by atoms with Crippen LogP contribution < -0.4 is 0 Å². The number of phenolic OH excluding ortho intramolecular Hbond substituents is 1. The fourth-order valence-electron chi connectivity index (χ4n) is 3.08. The zero-order chi connectivity index (χ0) is 16.0. The fraction of sp³-hybridized carbons (Fsp3) is 0. The Bertz CT molecular complexity index is 1060. The van der Waals surface area contributed by atoms with Gasteiger partial charge < -0.3 is 5.11 Å². The van der Waals surface area contributed by atoms with E-state index in [4.69, 9.17) is 0 Å². The molecule has 4 rings (SSSR count). The summed E-state index contributed by atoms with van der Waals surface area (Å²) in [7, 11) is 0. The third-order valence-corrected chi connectivity index (χ3v) is 4.76. The highest BCUT2D eigenvalue weighted by Crippen LogP contribution is 2.42. The van der Waals surface area contributed by atoms with Crippen LogP contribution in [0.15, 0.2) is 71.2 Å². The summed E-state index contributed by atoms with van der Waals surface area (Å²) in [5.74, 6) is -0.280. The fourth-order valence-corrected chi connectivity index (χ4v) is 3.62. The Kier molecular flexibility index (Phi) is 3.31. The highest BCUT2D eigenvalue weighted by Gasteiger charge is 2.18. The van der Waals surface area contributed by atoms with Gasteiger partial charge in [-0.3, -0.25) is 0 Å². The lowest BCUT2D eigenvalue weighted by Gasteiger charge is -2.14. The number of hydrogen-bond donors (Lipinski definition) is 1. The van der Waals surface area contributed by atoms with E-state index in [-0.39, 0.29) is 11.6 Å². The Morgan fingerprint density at radius 2 is 1.39 bits per heavy atom. The first-order valence-electron chi connectivity index (χ1n) is 7.24. The molecular formula is C20H12BrFO. The van der Waals surface area contributed by atoms with Crippen molar-refractivity contribution < 1.29 is 9.50 Å². The van der Waals surface area contributed by atoms with Crippen molar-refractivity contribution in [1.29, 1.82) is 0 Å². The summed E-state index contributed by atoms with van der Waals surface area (Å²) < 4.78 is 15.5. The van der Waals surface area contributed by atoms with Gasteiger partial charge in [0.05, 0.1) is 0 Å². The van der Waals surface area contributed by atoms with Crippen LogP contribution in [-0.2, 0) is 0 Å². The van der Waals surface area contributed by atoms with Gasteiger partial charge in [-0.15, -0.1) is 0 Å². The van der Waals surface area contributed by atoms with E-state index in [1.165, 1.54) is 6.07 Å². The quantitative estimate of drug-likeness (QED) is 0.421. The number of fused-ring (bicyclic) bond motifs is 2. The average molecular weight is 367 g/mol. The lowest BCUT2D eigenvalue weighted by Crippen LogP contribution is -1.91. The molecule has 0 saturated carbocycles. The first kappa shape index (κ1) is 14.2. The van der Waals surface area contributed by atoms with Gasteiger partial charge in [-0.25, -0.2) is 4.39 Å². The Balaban J connectivity index is 2.22.